The third kappa shape index (κ3) is 4.24. The van der Waals surface area contributed by atoms with E-state index in [4.69, 9.17) is 0 Å². The first-order valence-electron chi connectivity index (χ1n) is 11.7. The fourth-order valence-corrected chi connectivity index (χ4v) is 5.65. The van der Waals surface area contributed by atoms with E-state index in [1.807, 2.05) is 17.5 Å². The summed E-state index contributed by atoms with van der Waals surface area (Å²) in [6.45, 7) is -1.56. The molecule has 1 saturated carbocycles. The zero-order chi connectivity index (χ0) is 24.6. The van der Waals surface area contributed by atoms with Gasteiger partial charge in [0.25, 0.3) is 11.8 Å². The average Bonchev–Trinajstić information content (AvgIpc) is 3.45. The monoisotopic (exact) mass is 502 g/mol. The van der Waals surface area contributed by atoms with E-state index in [0.717, 1.165) is 60.4 Å². The van der Waals surface area contributed by atoms with E-state index in [2.05, 4.69) is 10.4 Å². The topological polar surface area (TPSA) is 67.2 Å². The zero-order valence-electron chi connectivity index (χ0n) is 19.0. The number of aromatic nitrogens is 2. The Morgan fingerprint density at radius 1 is 1.14 bits per heavy atom. The largest absolute Gasteiger partial charge is 0.351 e. The highest BCUT2D eigenvalue weighted by molar-refractivity contribution is 7.13. The molecule has 3 aromatic rings. The number of carbonyl (C=O) groups is 2. The van der Waals surface area contributed by atoms with E-state index >= 15 is 4.39 Å². The Balaban J connectivity index is 1.60. The lowest BCUT2D eigenvalue weighted by atomic mass is 9.92. The summed E-state index contributed by atoms with van der Waals surface area (Å²) in [7, 11) is 0. The molecule has 0 saturated heterocycles. The van der Waals surface area contributed by atoms with Crippen LogP contribution < -0.4 is 10.2 Å². The Morgan fingerprint density at radius 2 is 1.91 bits per heavy atom. The first-order valence-corrected chi connectivity index (χ1v) is 12.6. The summed E-state index contributed by atoms with van der Waals surface area (Å²) in [5, 5.41) is 9.27. The maximum Gasteiger partial charge on any atom is 0.277 e. The SMILES string of the molecule is O=C1c2cc(-c3cccs3)nn2CC(CF)(C(=O)NC2CCCCCC2)N1c1ccc(F)cc1F. The van der Waals surface area contributed by atoms with Crippen LogP contribution in [0.4, 0.5) is 18.9 Å². The first kappa shape index (κ1) is 23.6. The molecule has 2 aliphatic rings. The van der Waals surface area contributed by atoms with Gasteiger partial charge in [0.15, 0.2) is 5.54 Å². The number of amides is 2. The summed E-state index contributed by atoms with van der Waals surface area (Å²) >= 11 is 1.42. The quantitative estimate of drug-likeness (QED) is 0.494. The van der Waals surface area contributed by atoms with E-state index < -0.39 is 35.7 Å². The molecule has 5 rings (SSSR count). The van der Waals surface area contributed by atoms with E-state index in [0.29, 0.717) is 11.8 Å². The van der Waals surface area contributed by atoms with E-state index in [-0.39, 0.29) is 24.0 Å². The molecule has 0 spiro atoms. The molecule has 1 N–H and O–H groups in total. The molecule has 1 atom stereocenters. The van der Waals surface area contributed by atoms with Gasteiger partial charge in [0.1, 0.15) is 29.7 Å². The molecule has 1 unspecified atom stereocenters. The highest BCUT2D eigenvalue weighted by Crippen LogP contribution is 2.37. The highest BCUT2D eigenvalue weighted by atomic mass is 32.1. The number of benzene rings is 1. The van der Waals surface area contributed by atoms with Crippen LogP contribution in [0.3, 0.4) is 0 Å². The lowest BCUT2D eigenvalue weighted by Crippen LogP contribution is -2.68. The van der Waals surface area contributed by atoms with Gasteiger partial charge >= 0.3 is 0 Å². The minimum Gasteiger partial charge on any atom is -0.351 e. The minimum absolute atomic E-state index is 0.100. The van der Waals surface area contributed by atoms with E-state index in [9.17, 15) is 18.4 Å². The molecule has 2 amide bonds. The number of carbonyl (C=O) groups excluding carboxylic acids is 2. The Morgan fingerprint density at radius 3 is 2.57 bits per heavy atom. The van der Waals surface area contributed by atoms with E-state index in [1.165, 1.54) is 16.0 Å². The van der Waals surface area contributed by atoms with Crippen LogP contribution in [0.25, 0.3) is 10.6 Å². The van der Waals surface area contributed by atoms with E-state index in [1.54, 1.807) is 6.07 Å². The van der Waals surface area contributed by atoms with Crippen molar-refractivity contribution in [3.8, 4) is 10.6 Å². The molecule has 2 aromatic heterocycles. The van der Waals surface area contributed by atoms with Gasteiger partial charge in [0, 0.05) is 12.1 Å². The molecule has 3 heterocycles. The van der Waals surface area contributed by atoms with Gasteiger partial charge < -0.3 is 5.32 Å². The van der Waals surface area contributed by atoms with Crippen LogP contribution in [0.2, 0.25) is 0 Å². The second-order valence-corrected chi connectivity index (χ2v) is 10.1. The van der Waals surface area contributed by atoms with Gasteiger partial charge in [0.2, 0.25) is 0 Å². The number of fused-ring (bicyclic) bond motifs is 1. The van der Waals surface area contributed by atoms with Gasteiger partial charge in [-0.2, -0.15) is 5.10 Å². The van der Waals surface area contributed by atoms with Crippen LogP contribution in [0.1, 0.15) is 49.0 Å². The molecular weight excluding hydrogens is 477 g/mol. The van der Waals surface area contributed by atoms with Gasteiger partial charge in [-0.1, -0.05) is 31.7 Å². The molecule has 10 heteroatoms. The number of nitrogens with zero attached hydrogens (tertiary/aromatic N) is 3. The van der Waals surface area contributed by atoms with Crippen LogP contribution >= 0.6 is 11.3 Å². The van der Waals surface area contributed by atoms with Crippen molar-refractivity contribution >= 4 is 28.8 Å². The maximum absolute atomic E-state index is 15.0. The number of hydrogen-bond donors (Lipinski definition) is 1. The molecule has 1 fully saturated rings. The number of rotatable bonds is 5. The molecule has 1 aliphatic carbocycles. The van der Waals surface area contributed by atoms with Gasteiger partial charge in [-0.3, -0.25) is 19.2 Å². The van der Waals surface area contributed by atoms with Gasteiger partial charge in [-0.05, 0) is 42.5 Å². The molecule has 35 heavy (non-hydrogen) atoms. The maximum atomic E-state index is 15.0. The molecule has 0 bridgehead atoms. The lowest BCUT2D eigenvalue weighted by molar-refractivity contribution is -0.128. The van der Waals surface area contributed by atoms with Crippen LogP contribution in [0.5, 0.6) is 0 Å². The fourth-order valence-electron chi connectivity index (χ4n) is 4.96. The Hall–Kier alpha value is -3.14. The summed E-state index contributed by atoms with van der Waals surface area (Å²) in [5.74, 6) is -3.37. The Labute approximate surface area is 204 Å². The number of halogens is 3. The van der Waals surface area contributed by atoms with Crippen LogP contribution in [0, 0.1) is 11.6 Å². The van der Waals surface area contributed by atoms with Crippen molar-refractivity contribution in [1.29, 1.82) is 0 Å². The summed E-state index contributed by atoms with van der Waals surface area (Å²) in [5.41, 5.74) is -1.83. The van der Waals surface area contributed by atoms with Crippen LogP contribution in [-0.2, 0) is 11.3 Å². The summed E-state index contributed by atoms with van der Waals surface area (Å²) < 4.78 is 45.0. The fraction of sp³-hybridized carbons (Fsp3) is 0.400. The molecule has 1 aliphatic heterocycles. The summed E-state index contributed by atoms with van der Waals surface area (Å²) in [6, 6.07) is 7.74. The molecule has 184 valence electrons. The lowest BCUT2D eigenvalue weighted by Gasteiger charge is -2.44. The standard InChI is InChI=1S/C25H25F3N4O2S/c26-14-25(24(34)29-17-6-3-1-2-4-7-17)15-31-21(13-19(30-31)22-8-5-11-35-22)23(33)32(25)20-10-9-16(27)12-18(20)28/h5,8-13,17H,1-4,6-7,14-15H2,(H,29,34). The Bertz CT molecular complexity index is 1240. The first-order chi connectivity index (χ1) is 16.9. The molecule has 0 radical (unpaired) electrons. The van der Waals surface area contributed by atoms with Gasteiger partial charge in [0.05, 0.1) is 17.1 Å². The smallest absolute Gasteiger partial charge is 0.277 e. The third-order valence-corrected chi connectivity index (χ3v) is 7.69. The van der Waals surface area contributed by atoms with Crippen molar-refractivity contribution in [2.75, 3.05) is 11.6 Å². The normalized spacial score (nSPS) is 21.0. The average molecular weight is 503 g/mol. The number of alkyl halides is 1. The van der Waals surface area contributed by atoms with Crippen molar-refractivity contribution in [2.45, 2.75) is 56.7 Å². The van der Waals surface area contributed by atoms with Gasteiger partial charge in [-0.25, -0.2) is 13.2 Å². The number of hydrogen-bond acceptors (Lipinski definition) is 4. The third-order valence-electron chi connectivity index (χ3n) is 6.80. The zero-order valence-corrected chi connectivity index (χ0v) is 19.8. The Kier molecular flexibility index (Phi) is 6.39. The number of thiophene rings is 1. The number of anilines is 1. The molecule has 1 aromatic carbocycles. The molecule has 6 nitrogen and oxygen atoms in total. The van der Waals surface area contributed by atoms with Crippen molar-refractivity contribution in [2.24, 2.45) is 0 Å². The second-order valence-electron chi connectivity index (χ2n) is 9.11. The van der Waals surface area contributed by atoms with Crippen LogP contribution in [0.15, 0.2) is 41.8 Å². The molecular formula is C25H25F3N4O2S. The highest BCUT2D eigenvalue weighted by Gasteiger charge is 2.53. The van der Waals surface area contributed by atoms with Gasteiger partial charge in [-0.15, -0.1) is 11.3 Å². The van der Waals surface area contributed by atoms with Crippen molar-refractivity contribution in [3.05, 3.63) is 59.1 Å². The van der Waals surface area contributed by atoms with Crippen molar-refractivity contribution < 1.29 is 22.8 Å². The number of nitrogens with one attached hydrogen (secondary N) is 1. The van der Waals surface area contributed by atoms with Crippen molar-refractivity contribution in [3.63, 3.8) is 0 Å². The summed E-state index contributed by atoms with van der Waals surface area (Å²) in [4.78, 5) is 29.1. The minimum atomic E-state index is -2.08. The second kappa shape index (κ2) is 9.49. The predicted octanol–water partition coefficient (Wildman–Crippen LogP) is 5.10. The summed E-state index contributed by atoms with van der Waals surface area (Å²) in [6.07, 6.45) is 5.51. The predicted molar refractivity (Wildman–Crippen MR) is 127 cm³/mol. The van der Waals surface area contributed by atoms with Crippen molar-refractivity contribution in [1.82, 2.24) is 15.1 Å². The van der Waals surface area contributed by atoms with Crippen LogP contribution in [-0.4, -0.2) is 39.9 Å².